The Morgan fingerprint density at radius 1 is 1.37 bits per heavy atom. The van der Waals surface area contributed by atoms with Crippen LogP contribution >= 0.6 is 0 Å². The molecule has 0 fully saturated rings. The maximum atomic E-state index is 8.85. The smallest absolute Gasteiger partial charge is 0.134 e. The van der Waals surface area contributed by atoms with Crippen LogP contribution in [-0.4, -0.2) is 24.3 Å². The van der Waals surface area contributed by atoms with E-state index in [0.29, 0.717) is 12.6 Å². The van der Waals surface area contributed by atoms with Crippen LogP contribution in [0.15, 0.2) is 34.7 Å². The van der Waals surface area contributed by atoms with E-state index in [2.05, 4.69) is 12.2 Å². The van der Waals surface area contributed by atoms with Gasteiger partial charge in [-0.3, -0.25) is 0 Å². The molecule has 19 heavy (non-hydrogen) atoms. The van der Waals surface area contributed by atoms with E-state index >= 15 is 0 Å². The first kappa shape index (κ1) is 14.1. The highest BCUT2D eigenvalue weighted by Crippen LogP contribution is 2.23. The molecular weight excluding hydrogens is 240 g/mol. The molecule has 2 aromatic rings. The minimum Gasteiger partial charge on any atom is -0.459 e. The third-order valence-corrected chi connectivity index (χ3v) is 3.30. The summed E-state index contributed by atoms with van der Waals surface area (Å²) < 4.78 is 5.83. The van der Waals surface area contributed by atoms with Gasteiger partial charge in [-0.05, 0) is 31.9 Å². The number of furan rings is 1. The normalized spacial score (nSPS) is 14.7. The van der Waals surface area contributed by atoms with Gasteiger partial charge in [0.25, 0.3) is 0 Å². The largest absolute Gasteiger partial charge is 0.459 e. The molecule has 0 aliphatic rings. The molecule has 2 rings (SSSR count). The van der Waals surface area contributed by atoms with Crippen LogP contribution in [0, 0.1) is 0 Å². The molecule has 4 heteroatoms. The minimum atomic E-state index is 0.0149. The first-order chi connectivity index (χ1) is 9.24. The molecule has 4 nitrogen and oxygen atoms in total. The molecule has 2 atom stereocenters. The average molecular weight is 262 g/mol. The van der Waals surface area contributed by atoms with Crippen molar-refractivity contribution in [2.45, 2.75) is 31.8 Å². The zero-order valence-electron chi connectivity index (χ0n) is 11.3. The Hall–Kier alpha value is -1.36. The second-order valence-electron chi connectivity index (χ2n) is 4.91. The van der Waals surface area contributed by atoms with Crippen molar-refractivity contribution in [1.82, 2.24) is 5.32 Å². The Balaban J connectivity index is 2.08. The van der Waals surface area contributed by atoms with Crippen molar-refractivity contribution >= 4 is 11.0 Å². The average Bonchev–Trinajstić information content (AvgIpc) is 2.86. The molecule has 4 N–H and O–H groups in total. The number of benzene rings is 1. The summed E-state index contributed by atoms with van der Waals surface area (Å²) in [6.45, 7) is 2.81. The second kappa shape index (κ2) is 6.70. The quantitative estimate of drug-likeness (QED) is 0.715. The van der Waals surface area contributed by atoms with Crippen LogP contribution in [-0.2, 0) is 0 Å². The monoisotopic (exact) mass is 262 g/mol. The standard InChI is InChI=1S/C15H22N2O2/c1-11(5-4-8-18)17-13(10-16)15-9-12-6-2-3-7-14(12)19-15/h2-3,6-7,9,11,13,17-18H,4-5,8,10,16H2,1H3. The van der Waals surface area contributed by atoms with Gasteiger partial charge in [-0.15, -0.1) is 0 Å². The van der Waals surface area contributed by atoms with E-state index in [4.69, 9.17) is 15.3 Å². The van der Waals surface area contributed by atoms with Gasteiger partial charge in [0.2, 0.25) is 0 Å². The van der Waals surface area contributed by atoms with Gasteiger partial charge in [-0.2, -0.15) is 0 Å². The van der Waals surface area contributed by atoms with Crippen molar-refractivity contribution in [2.75, 3.05) is 13.2 Å². The van der Waals surface area contributed by atoms with E-state index < -0.39 is 0 Å². The van der Waals surface area contributed by atoms with Gasteiger partial charge in [-0.1, -0.05) is 18.2 Å². The molecule has 0 saturated carbocycles. The van der Waals surface area contributed by atoms with Gasteiger partial charge in [0, 0.05) is 24.6 Å². The fraction of sp³-hybridized carbons (Fsp3) is 0.467. The number of nitrogens with two attached hydrogens (primary N) is 1. The van der Waals surface area contributed by atoms with Gasteiger partial charge in [0.05, 0.1) is 6.04 Å². The summed E-state index contributed by atoms with van der Waals surface area (Å²) in [5, 5.41) is 13.4. The van der Waals surface area contributed by atoms with Crippen molar-refractivity contribution in [3.63, 3.8) is 0 Å². The van der Waals surface area contributed by atoms with Crippen LogP contribution < -0.4 is 11.1 Å². The summed E-state index contributed by atoms with van der Waals surface area (Å²) in [4.78, 5) is 0. The van der Waals surface area contributed by atoms with Crippen LogP contribution in [0.4, 0.5) is 0 Å². The van der Waals surface area contributed by atoms with Crippen molar-refractivity contribution in [3.05, 3.63) is 36.1 Å². The van der Waals surface area contributed by atoms with Crippen LogP contribution in [0.25, 0.3) is 11.0 Å². The number of hydrogen-bond donors (Lipinski definition) is 3. The lowest BCUT2D eigenvalue weighted by Crippen LogP contribution is -2.34. The van der Waals surface area contributed by atoms with Crippen molar-refractivity contribution < 1.29 is 9.52 Å². The molecule has 0 saturated heterocycles. The SMILES string of the molecule is CC(CCCO)NC(CN)c1cc2ccccc2o1. The van der Waals surface area contributed by atoms with Crippen LogP contribution in [0.5, 0.6) is 0 Å². The van der Waals surface area contributed by atoms with Gasteiger partial charge in [0.15, 0.2) is 0 Å². The first-order valence-electron chi connectivity index (χ1n) is 6.80. The van der Waals surface area contributed by atoms with Gasteiger partial charge in [0.1, 0.15) is 11.3 Å². The third-order valence-electron chi connectivity index (χ3n) is 3.30. The molecule has 0 aliphatic heterocycles. The van der Waals surface area contributed by atoms with E-state index in [-0.39, 0.29) is 12.6 Å². The Morgan fingerprint density at radius 2 is 2.16 bits per heavy atom. The third kappa shape index (κ3) is 3.56. The van der Waals surface area contributed by atoms with Gasteiger partial charge < -0.3 is 20.6 Å². The van der Waals surface area contributed by atoms with E-state index in [1.165, 1.54) is 0 Å². The predicted molar refractivity (Wildman–Crippen MR) is 76.9 cm³/mol. The molecule has 0 bridgehead atoms. The molecule has 2 unspecified atom stereocenters. The van der Waals surface area contributed by atoms with E-state index in [1.807, 2.05) is 30.3 Å². The summed E-state index contributed by atoms with van der Waals surface area (Å²) >= 11 is 0. The molecule has 1 aromatic carbocycles. The zero-order valence-corrected chi connectivity index (χ0v) is 11.3. The van der Waals surface area contributed by atoms with Crippen LogP contribution in [0.1, 0.15) is 31.6 Å². The Bertz CT molecular complexity index is 477. The maximum Gasteiger partial charge on any atom is 0.134 e. The molecule has 0 radical (unpaired) electrons. The lowest BCUT2D eigenvalue weighted by atomic mass is 10.1. The maximum absolute atomic E-state index is 8.85. The molecule has 1 aromatic heterocycles. The zero-order chi connectivity index (χ0) is 13.7. The number of rotatable bonds is 7. The second-order valence-corrected chi connectivity index (χ2v) is 4.91. The fourth-order valence-corrected chi connectivity index (χ4v) is 2.26. The summed E-state index contributed by atoms with van der Waals surface area (Å²) in [7, 11) is 0. The van der Waals surface area contributed by atoms with E-state index in [0.717, 1.165) is 29.6 Å². The molecule has 0 spiro atoms. The van der Waals surface area contributed by atoms with Crippen LogP contribution in [0.3, 0.4) is 0 Å². The summed E-state index contributed by atoms with van der Waals surface area (Å²) in [6.07, 6.45) is 1.72. The first-order valence-corrected chi connectivity index (χ1v) is 6.80. The highest BCUT2D eigenvalue weighted by molar-refractivity contribution is 5.77. The summed E-state index contributed by atoms with van der Waals surface area (Å²) in [6, 6.07) is 10.3. The fourth-order valence-electron chi connectivity index (χ4n) is 2.26. The number of aliphatic hydroxyl groups excluding tert-OH is 1. The van der Waals surface area contributed by atoms with E-state index in [9.17, 15) is 0 Å². The van der Waals surface area contributed by atoms with Gasteiger partial charge >= 0.3 is 0 Å². The van der Waals surface area contributed by atoms with Crippen LogP contribution in [0.2, 0.25) is 0 Å². The molecule has 0 aliphatic carbocycles. The number of para-hydroxylation sites is 1. The number of hydrogen-bond acceptors (Lipinski definition) is 4. The van der Waals surface area contributed by atoms with E-state index in [1.54, 1.807) is 0 Å². The summed E-state index contributed by atoms with van der Waals surface area (Å²) in [5.41, 5.74) is 6.72. The number of fused-ring (bicyclic) bond motifs is 1. The molecular formula is C15H22N2O2. The Morgan fingerprint density at radius 3 is 2.84 bits per heavy atom. The molecule has 0 amide bonds. The van der Waals surface area contributed by atoms with Crippen molar-refractivity contribution in [1.29, 1.82) is 0 Å². The highest BCUT2D eigenvalue weighted by Gasteiger charge is 2.16. The highest BCUT2D eigenvalue weighted by atomic mass is 16.3. The van der Waals surface area contributed by atoms with Gasteiger partial charge in [-0.25, -0.2) is 0 Å². The molecule has 104 valence electrons. The lowest BCUT2D eigenvalue weighted by molar-refractivity contribution is 0.272. The Labute approximate surface area is 113 Å². The predicted octanol–water partition coefficient (Wildman–Crippen LogP) is 2.18. The van der Waals surface area contributed by atoms with Crippen molar-refractivity contribution in [2.24, 2.45) is 5.73 Å². The topological polar surface area (TPSA) is 71.4 Å². The number of aliphatic hydroxyl groups is 1. The Kier molecular flexibility index (Phi) is 4.96. The molecule has 1 heterocycles. The minimum absolute atomic E-state index is 0.0149. The van der Waals surface area contributed by atoms with Crippen molar-refractivity contribution in [3.8, 4) is 0 Å². The number of nitrogens with one attached hydrogen (secondary N) is 1. The summed E-state index contributed by atoms with van der Waals surface area (Å²) in [5.74, 6) is 0.875. The lowest BCUT2D eigenvalue weighted by Gasteiger charge is -2.20.